The number of hydrogen-bond donors (Lipinski definition) is 3. The number of carbonyl (C=O) groups excluding carboxylic acids is 3. The summed E-state index contributed by atoms with van der Waals surface area (Å²) in [6.07, 6.45) is 4.61. The minimum Gasteiger partial charge on any atom is -0.381 e. The maximum absolute atomic E-state index is 13.1. The lowest BCUT2D eigenvalue weighted by atomic mass is 9.68. The first-order valence-electron chi connectivity index (χ1n) is 12.9. The molecule has 2 aromatic carbocycles. The number of rotatable bonds is 6. The number of amides is 3. The highest BCUT2D eigenvalue weighted by atomic mass is 16.3. The summed E-state index contributed by atoms with van der Waals surface area (Å²) in [7, 11) is 0. The number of aliphatic hydroxyl groups is 1. The molecular weight excluding hydrogens is 456 g/mol. The summed E-state index contributed by atoms with van der Waals surface area (Å²) in [6, 6.07) is 13.0. The number of nitrogens with zero attached hydrogens (tertiary/aromatic N) is 2. The fourth-order valence-corrected chi connectivity index (χ4v) is 6.30. The molecule has 2 aromatic rings. The van der Waals surface area contributed by atoms with Crippen LogP contribution in [0, 0.1) is 5.41 Å². The monoisotopic (exact) mass is 488 g/mol. The number of nitrogens with one attached hydrogen (secondary N) is 2. The standard InChI is InChI=1S/C28H32N4O4/c33-23-10-9-22(25(34)30-23)32-26(35)20-3-1-4-21(24(20)27(32)36)29-15-18-5-7-19(8-6-18)16-31-14-13-28(17-31)11-2-12-28/h1,3-8,22,27,29,36H,2,9-17H2,(H,30,33,34). The van der Waals surface area contributed by atoms with E-state index in [1.807, 2.05) is 6.07 Å². The second-order valence-corrected chi connectivity index (χ2v) is 10.8. The van der Waals surface area contributed by atoms with Crippen molar-refractivity contribution < 1.29 is 19.5 Å². The Balaban J connectivity index is 1.11. The maximum Gasteiger partial charge on any atom is 0.257 e. The minimum atomic E-state index is -1.25. The van der Waals surface area contributed by atoms with E-state index in [9.17, 15) is 19.5 Å². The minimum absolute atomic E-state index is 0.142. The highest BCUT2D eigenvalue weighted by molar-refractivity contribution is 6.06. The smallest absolute Gasteiger partial charge is 0.257 e. The number of piperidine rings is 1. The summed E-state index contributed by atoms with van der Waals surface area (Å²) in [5.41, 5.74) is 4.55. The Kier molecular flexibility index (Phi) is 5.80. The molecule has 8 nitrogen and oxygen atoms in total. The molecule has 36 heavy (non-hydrogen) atoms. The number of likely N-dealkylation sites (tertiary alicyclic amines) is 1. The van der Waals surface area contributed by atoms with Crippen LogP contribution in [-0.4, -0.2) is 51.8 Å². The molecule has 1 aliphatic carbocycles. The Morgan fingerprint density at radius 2 is 1.81 bits per heavy atom. The van der Waals surface area contributed by atoms with Gasteiger partial charge in [0.25, 0.3) is 5.91 Å². The Labute approximate surface area is 210 Å². The van der Waals surface area contributed by atoms with E-state index in [0.29, 0.717) is 28.8 Å². The number of benzene rings is 2. The lowest BCUT2D eigenvalue weighted by Gasteiger charge is -2.38. The van der Waals surface area contributed by atoms with E-state index < -0.39 is 24.1 Å². The Morgan fingerprint density at radius 1 is 1.03 bits per heavy atom. The molecule has 2 atom stereocenters. The molecular formula is C28H32N4O4. The summed E-state index contributed by atoms with van der Waals surface area (Å²) < 4.78 is 0. The van der Waals surface area contributed by atoms with Gasteiger partial charge in [-0.1, -0.05) is 36.8 Å². The van der Waals surface area contributed by atoms with E-state index in [2.05, 4.69) is 39.8 Å². The molecule has 2 saturated heterocycles. The molecule has 3 N–H and O–H groups in total. The van der Waals surface area contributed by atoms with Crippen molar-refractivity contribution in [2.24, 2.45) is 5.41 Å². The number of hydrogen-bond acceptors (Lipinski definition) is 6. The average molecular weight is 489 g/mol. The van der Waals surface area contributed by atoms with Crippen LogP contribution in [0.25, 0.3) is 0 Å². The lowest BCUT2D eigenvalue weighted by Crippen LogP contribution is -2.53. The lowest BCUT2D eigenvalue weighted by molar-refractivity contribution is -0.139. The molecule has 3 aliphatic heterocycles. The number of carbonyl (C=O) groups is 3. The predicted molar refractivity (Wildman–Crippen MR) is 134 cm³/mol. The van der Waals surface area contributed by atoms with Crippen LogP contribution in [0.15, 0.2) is 42.5 Å². The second kappa shape index (κ2) is 9.01. The zero-order valence-corrected chi connectivity index (χ0v) is 20.3. The highest BCUT2D eigenvalue weighted by Gasteiger charge is 2.45. The number of imide groups is 1. The van der Waals surface area contributed by atoms with Crippen LogP contribution in [0.3, 0.4) is 0 Å². The van der Waals surface area contributed by atoms with E-state index in [0.717, 1.165) is 12.1 Å². The molecule has 4 aliphatic rings. The Morgan fingerprint density at radius 3 is 2.50 bits per heavy atom. The van der Waals surface area contributed by atoms with Gasteiger partial charge in [0.05, 0.1) is 0 Å². The van der Waals surface area contributed by atoms with Crippen LogP contribution < -0.4 is 10.6 Å². The van der Waals surface area contributed by atoms with Crippen molar-refractivity contribution in [1.29, 1.82) is 0 Å². The molecule has 6 rings (SSSR count). The third-order valence-corrected chi connectivity index (χ3v) is 8.48. The van der Waals surface area contributed by atoms with E-state index in [4.69, 9.17) is 0 Å². The Bertz CT molecular complexity index is 1210. The topological polar surface area (TPSA) is 102 Å². The van der Waals surface area contributed by atoms with Crippen LogP contribution in [0.1, 0.15) is 71.8 Å². The molecule has 0 radical (unpaired) electrons. The third-order valence-electron chi connectivity index (χ3n) is 8.48. The first-order chi connectivity index (χ1) is 17.4. The summed E-state index contributed by atoms with van der Waals surface area (Å²) in [5, 5.41) is 16.7. The summed E-state index contributed by atoms with van der Waals surface area (Å²) in [6.45, 7) is 3.96. The molecule has 3 fully saturated rings. The molecule has 1 spiro atoms. The van der Waals surface area contributed by atoms with E-state index in [1.54, 1.807) is 12.1 Å². The van der Waals surface area contributed by atoms with Crippen molar-refractivity contribution in [3.63, 3.8) is 0 Å². The number of fused-ring (bicyclic) bond motifs is 1. The Hall–Kier alpha value is -3.23. The van der Waals surface area contributed by atoms with Crippen LogP contribution in [0.2, 0.25) is 0 Å². The van der Waals surface area contributed by atoms with Gasteiger partial charge >= 0.3 is 0 Å². The first-order valence-corrected chi connectivity index (χ1v) is 12.9. The van der Waals surface area contributed by atoms with Crippen molar-refractivity contribution in [3.05, 3.63) is 64.7 Å². The zero-order valence-electron chi connectivity index (χ0n) is 20.3. The summed E-state index contributed by atoms with van der Waals surface area (Å²) in [5.74, 6) is -1.30. The van der Waals surface area contributed by atoms with Crippen molar-refractivity contribution in [3.8, 4) is 0 Å². The molecule has 188 valence electrons. The van der Waals surface area contributed by atoms with Crippen molar-refractivity contribution >= 4 is 23.4 Å². The first kappa shape index (κ1) is 23.2. The zero-order chi connectivity index (χ0) is 24.9. The summed E-state index contributed by atoms with van der Waals surface area (Å²) in [4.78, 5) is 40.7. The SMILES string of the molecule is O=C1CCC(N2C(=O)c3cccc(NCc4ccc(CN5CCC6(CCC6)C5)cc4)c3C2O)C(=O)N1. The largest absolute Gasteiger partial charge is 0.381 e. The number of anilines is 1. The van der Waals surface area contributed by atoms with E-state index in [1.165, 1.54) is 49.2 Å². The highest BCUT2D eigenvalue weighted by Crippen LogP contribution is 2.48. The molecule has 8 heteroatoms. The van der Waals surface area contributed by atoms with Crippen molar-refractivity contribution in [1.82, 2.24) is 15.1 Å². The van der Waals surface area contributed by atoms with E-state index >= 15 is 0 Å². The van der Waals surface area contributed by atoms with Crippen LogP contribution in [0.4, 0.5) is 5.69 Å². The second-order valence-electron chi connectivity index (χ2n) is 10.8. The predicted octanol–water partition coefficient (Wildman–Crippen LogP) is 2.93. The van der Waals surface area contributed by atoms with Gasteiger partial charge in [0.2, 0.25) is 11.8 Å². The third kappa shape index (κ3) is 4.08. The quantitative estimate of drug-likeness (QED) is 0.541. The van der Waals surface area contributed by atoms with Gasteiger partial charge in [0.15, 0.2) is 6.23 Å². The fourth-order valence-electron chi connectivity index (χ4n) is 6.30. The number of aliphatic hydroxyl groups excluding tert-OH is 1. The molecule has 2 unspecified atom stereocenters. The van der Waals surface area contributed by atoms with Crippen LogP contribution in [-0.2, 0) is 22.7 Å². The molecule has 3 amide bonds. The van der Waals surface area contributed by atoms with Gasteiger partial charge in [-0.05, 0) is 60.9 Å². The molecule has 3 heterocycles. The molecule has 0 bridgehead atoms. The van der Waals surface area contributed by atoms with Gasteiger partial charge in [-0.25, -0.2) is 0 Å². The van der Waals surface area contributed by atoms with Gasteiger partial charge in [-0.3, -0.25) is 29.5 Å². The van der Waals surface area contributed by atoms with Gasteiger partial charge in [-0.2, -0.15) is 0 Å². The van der Waals surface area contributed by atoms with Crippen molar-refractivity contribution in [2.45, 2.75) is 63.9 Å². The molecule has 1 saturated carbocycles. The summed E-state index contributed by atoms with van der Waals surface area (Å²) >= 11 is 0. The van der Waals surface area contributed by atoms with Gasteiger partial charge < -0.3 is 10.4 Å². The van der Waals surface area contributed by atoms with Gasteiger partial charge in [0, 0.05) is 42.9 Å². The van der Waals surface area contributed by atoms with Gasteiger partial charge in [-0.15, -0.1) is 0 Å². The normalized spacial score (nSPS) is 25.1. The van der Waals surface area contributed by atoms with Crippen molar-refractivity contribution in [2.75, 3.05) is 18.4 Å². The van der Waals surface area contributed by atoms with Crippen LogP contribution >= 0.6 is 0 Å². The molecule has 0 aromatic heterocycles. The van der Waals surface area contributed by atoms with E-state index in [-0.39, 0.29) is 18.7 Å². The fraction of sp³-hybridized carbons (Fsp3) is 0.464. The van der Waals surface area contributed by atoms with Crippen LogP contribution in [0.5, 0.6) is 0 Å². The maximum atomic E-state index is 13.1. The average Bonchev–Trinajstić information content (AvgIpc) is 3.39. The van der Waals surface area contributed by atoms with Gasteiger partial charge in [0.1, 0.15) is 6.04 Å².